The van der Waals surface area contributed by atoms with Crippen LogP contribution in [0.3, 0.4) is 0 Å². The molecular formula is C21H22FN3O4S2. The number of amides is 1. The van der Waals surface area contributed by atoms with Crippen molar-refractivity contribution in [3.63, 3.8) is 0 Å². The Morgan fingerprint density at radius 1 is 1.26 bits per heavy atom. The molecule has 3 aromatic rings. The maximum atomic E-state index is 13.7. The molecule has 0 fully saturated rings. The van der Waals surface area contributed by atoms with Gasteiger partial charge in [-0.1, -0.05) is 19.1 Å². The molecule has 1 aromatic heterocycles. The number of carbonyl (C=O) groups excluding carboxylic acids is 1. The number of carbonyl (C=O) groups is 1. The summed E-state index contributed by atoms with van der Waals surface area (Å²) >= 11 is 1.53. The van der Waals surface area contributed by atoms with Crippen molar-refractivity contribution in [3.8, 4) is 17.0 Å². The average Bonchev–Trinajstić information content (AvgIpc) is 3.18. The fourth-order valence-corrected chi connectivity index (χ4v) is 5.17. The van der Waals surface area contributed by atoms with E-state index < -0.39 is 28.3 Å². The molecular weight excluding hydrogens is 441 g/mol. The van der Waals surface area contributed by atoms with Crippen molar-refractivity contribution in [2.75, 3.05) is 25.5 Å². The van der Waals surface area contributed by atoms with Crippen LogP contribution in [0.25, 0.3) is 11.3 Å². The summed E-state index contributed by atoms with van der Waals surface area (Å²) in [7, 11) is -2.86. The number of aryl methyl sites for hydroxylation is 1. The molecule has 10 heteroatoms. The first-order valence-corrected chi connectivity index (χ1v) is 11.7. The summed E-state index contributed by atoms with van der Waals surface area (Å²) in [5.74, 6) is -1.23. The second-order valence-electron chi connectivity index (χ2n) is 6.61. The highest BCUT2D eigenvalue weighted by Gasteiger charge is 2.29. The third kappa shape index (κ3) is 5.27. The highest BCUT2D eigenvalue weighted by molar-refractivity contribution is 7.89. The first kappa shape index (κ1) is 22.9. The summed E-state index contributed by atoms with van der Waals surface area (Å²) in [6.45, 7) is 3.10. The van der Waals surface area contributed by atoms with Crippen LogP contribution in [0, 0.1) is 12.7 Å². The van der Waals surface area contributed by atoms with E-state index in [0.29, 0.717) is 5.69 Å². The molecule has 0 atom stereocenters. The lowest BCUT2D eigenvalue weighted by atomic mass is 10.1. The number of hydrogen-bond acceptors (Lipinski definition) is 6. The zero-order chi connectivity index (χ0) is 22.6. The van der Waals surface area contributed by atoms with E-state index in [9.17, 15) is 17.6 Å². The summed E-state index contributed by atoms with van der Waals surface area (Å²) in [5.41, 5.74) is 2.16. The number of nitrogens with one attached hydrogen (secondary N) is 1. The fourth-order valence-electron chi connectivity index (χ4n) is 2.97. The number of halogens is 1. The van der Waals surface area contributed by atoms with Gasteiger partial charge in [0.05, 0.1) is 24.4 Å². The lowest BCUT2D eigenvalue weighted by Gasteiger charge is -2.21. The summed E-state index contributed by atoms with van der Waals surface area (Å²) in [6.07, 6.45) is 0. The van der Waals surface area contributed by atoms with Gasteiger partial charge in [0.25, 0.3) is 0 Å². The molecule has 0 saturated heterocycles. The molecule has 1 heterocycles. The van der Waals surface area contributed by atoms with Crippen LogP contribution in [-0.4, -0.2) is 43.8 Å². The molecule has 0 spiro atoms. The number of methoxy groups -OCH3 is 1. The Hall–Kier alpha value is -2.82. The van der Waals surface area contributed by atoms with Gasteiger partial charge in [0, 0.05) is 23.2 Å². The number of benzene rings is 2. The van der Waals surface area contributed by atoms with Gasteiger partial charge in [-0.3, -0.25) is 4.79 Å². The van der Waals surface area contributed by atoms with Crippen molar-refractivity contribution >= 4 is 33.0 Å². The van der Waals surface area contributed by atoms with E-state index in [2.05, 4.69) is 10.3 Å². The quantitative estimate of drug-likeness (QED) is 0.547. The number of anilines is 1. The van der Waals surface area contributed by atoms with Crippen LogP contribution in [0.1, 0.15) is 11.9 Å². The summed E-state index contributed by atoms with van der Waals surface area (Å²) in [6, 6.07) is 10.4. The molecule has 0 saturated carbocycles. The molecule has 0 radical (unpaired) electrons. The molecule has 31 heavy (non-hydrogen) atoms. The largest absolute Gasteiger partial charge is 0.495 e. The first-order chi connectivity index (χ1) is 14.7. The van der Waals surface area contributed by atoms with Gasteiger partial charge in [0.2, 0.25) is 15.9 Å². The van der Waals surface area contributed by atoms with Gasteiger partial charge in [-0.15, -0.1) is 11.3 Å². The van der Waals surface area contributed by atoms with Gasteiger partial charge >= 0.3 is 0 Å². The van der Waals surface area contributed by atoms with Crippen molar-refractivity contribution in [2.45, 2.75) is 18.7 Å². The minimum atomic E-state index is -4.15. The van der Waals surface area contributed by atoms with Gasteiger partial charge in [-0.2, -0.15) is 4.31 Å². The minimum absolute atomic E-state index is 0.00603. The van der Waals surface area contributed by atoms with Crippen molar-refractivity contribution < 1.29 is 22.3 Å². The average molecular weight is 464 g/mol. The Morgan fingerprint density at radius 3 is 2.68 bits per heavy atom. The predicted octanol–water partition coefficient (Wildman–Crippen LogP) is 3.92. The molecule has 7 nitrogen and oxygen atoms in total. The molecule has 1 N–H and O–H groups in total. The fraction of sp³-hybridized carbons (Fsp3) is 0.238. The standard InChI is InChI=1S/C21H22FN3O4S2/c1-4-25(31(27,28)20-11-16(22)8-9-19(20)29-3)12-21(26)24-17-7-5-6-15(10-17)18-13-30-14(2)23-18/h5-11,13H,4,12H2,1-3H3,(H,24,26). The van der Waals surface area contributed by atoms with Crippen LogP contribution in [0.2, 0.25) is 0 Å². The molecule has 3 rings (SSSR count). The summed E-state index contributed by atoms with van der Waals surface area (Å²) in [4.78, 5) is 16.7. The number of nitrogens with zero attached hydrogens (tertiary/aromatic N) is 2. The predicted molar refractivity (Wildman–Crippen MR) is 118 cm³/mol. The number of hydrogen-bond donors (Lipinski definition) is 1. The van der Waals surface area contributed by atoms with Gasteiger partial charge in [-0.25, -0.2) is 17.8 Å². The SMILES string of the molecule is CCN(CC(=O)Nc1cccc(-c2csc(C)n2)c1)S(=O)(=O)c1cc(F)ccc1OC. The van der Waals surface area contributed by atoms with Crippen LogP contribution < -0.4 is 10.1 Å². The van der Waals surface area contributed by atoms with Crippen molar-refractivity contribution in [2.24, 2.45) is 0 Å². The monoisotopic (exact) mass is 463 g/mol. The smallest absolute Gasteiger partial charge is 0.247 e. The van der Waals surface area contributed by atoms with Crippen molar-refractivity contribution in [3.05, 3.63) is 58.7 Å². The van der Waals surface area contributed by atoms with Gasteiger partial charge < -0.3 is 10.1 Å². The molecule has 0 bridgehead atoms. The summed E-state index contributed by atoms with van der Waals surface area (Å²) in [5, 5.41) is 5.57. The maximum Gasteiger partial charge on any atom is 0.247 e. The second-order valence-corrected chi connectivity index (χ2v) is 9.58. The molecule has 0 aliphatic rings. The molecule has 0 aliphatic carbocycles. The Balaban J connectivity index is 1.78. The third-order valence-electron chi connectivity index (χ3n) is 4.48. The van der Waals surface area contributed by atoms with Crippen LogP contribution in [-0.2, 0) is 14.8 Å². The third-order valence-corrected chi connectivity index (χ3v) is 7.19. The maximum absolute atomic E-state index is 13.7. The van der Waals surface area contributed by atoms with Crippen LogP contribution in [0.4, 0.5) is 10.1 Å². The first-order valence-electron chi connectivity index (χ1n) is 9.40. The summed E-state index contributed by atoms with van der Waals surface area (Å²) < 4.78 is 45.7. The van der Waals surface area contributed by atoms with E-state index in [-0.39, 0.29) is 17.2 Å². The van der Waals surface area contributed by atoms with Gasteiger partial charge in [-0.05, 0) is 37.3 Å². The van der Waals surface area contributed by atoms with Gasteiger partial charge in [0.1, 0.15) is 16.5 Å². The minimum Gasteiger partial charge on any atom is -0.495 e. The number of thiazole rings is 1. The Morgan fingerprint density at radius 2 is 2.03 bits per heavy atom. The Kier molecular flexibility index (Phi) is 7.04. The topological polar surface area (TPSA) is 88.6 Å². The molecule has 0 unspecified atom stereocenters. The van der Waals surface area contributed by atoms with Crippen molar-refractivity contribution in [1.82, 2.24) is 9.29 Å². The highest BCUT2D eigenvalue weighted by atomic mass is 32.2. The van der Waals surface area contributed by atoms with E-state index in [1.54, 1.807) is 25.1 Å². The number of sulfonamides is 1. The zero-order valence-electron chi connectivity index (χ0n) is 17.3. The van der Waals surface area contributed by atoms with Crippen molar-refractivity contribution in [1.29, 1.82) is 0 Å². The number of likely N-dealkylation sites (N-methyl/N-ethyl adjacent to an activating group) is 1. The van der Waals surface area contributed by atoms with E-state index in [0.717, 1.165) is 32.7 Å². The number of aromatic nitrogens is 1. The van der Waals surface area contributed by atoms with Crippen LogP contribution in [0.5, 0.6) is 5.75 Å². The van der Waals surface area contributed by atoms with E-state index >= 15 is 0 Å². The molecule has 0 aliphatic heterocycles. The van der Waals surface area contributed by atoms with Crippen LogP contribution >= 0.6 is 11.3 Å². The Labute approximate surface area is 184 Å². The molecule has 2 aromatic carbocycles. The van der Waals surface area contributed by atoms with E-state index in [4.69, 9.17) is 4.74 Å². The lowest BCUT2D eigenvalue weighted by Crippen LogP contribution is -2.38. The van der Waals surface area contributed by atoms with E-state index in [1.165, 1.54) is 24.5 Å². The Bertz CT molecular complexity index is 1190. The lowest BCUT2D eigenvalue weighted by molar-refractivity contribution is -0.116. The molecule has 164 valence electrons. The zero-order valence-corrected chi connectivity index (χ0v) is 18.9. The number of rotatable bonds is 8. The van der Waals surface area contributed by atoms with Crippen LogP contribution in [0.15, 0.2) is 52.7 Å². The number of ether oxygens (including phenoxy) is 1. The molecule has 1 amide bonds. The van der Waals surface area contributed by atoms with E-state index in [1.807, 2.05) is 18.4 Å². The second kappa shape index (κ2) is 9.54. The normalized spacial score (nSPS) is 11.5. The highest BCUT2D eigenvalue weighted by Crippen LogP contribution is 2.28. The van der Waals surface area contributed by atoms with Gasteiger partial charge in [0.15, 0.2) is 0 Å².